The fraction of sp³-hybridized carbons (Fsp3) is 0.676. The Kier molecular flexibility index (Phi) is 12.0. The molecular weight excluding hydrogens is 708 g/mol. The lowest BCUT2D eigenvalue weighted by atomic mass is 9.97. The highest BCUT2D eigenvalue weighted by molar-refractivity contribution is 7.99. The van der Waals surface area contributed by atoms with Gasteiger partial charge in [-0.15, -0.1) is 11.8 Å². The number of nitrogens with one attached hydrogen (secondary N) is 2. The van der Waals surface area contributed by atoms with Gasteiger partial charge in [0, 0.05) is 98.1 Å². The van der Waals surface area contributed by atoms with Gasteiger partial charge >= 0.3 is 6.18 Å². The summed E-state index contributed by atoms with van der Waals surface area (Å²) >= 11 is 1.00. The quantitative estimate of drug-likeness (QED) is 0.221. The Labute approximate surface area is 301 Å². The Morgan fingerprint density at radius 3 is 2.51 bits per heavy atom. The number of nitrogens with zero attached hydrogens (tertiary/aromatic N) is 5. The number of aromatic nitrogens is 2. The summed E-state index contributed by atoms with van der Waals surface area (Å²) in [7, 11) is -3.55. The van der Waals surface area contributed by atoms with Gasteiger partial charge in [-0.25, -0.2) is 8.42 Å². The number of alkyl halides is 3. The van der Waals surface area contributed by atoms with Crippen molar-refractivity contribution in [2.75, 3.05) is 64.4 Å². The molecule has 3 saturated heterocycles. The molecule has 17 heteroatoms. The van der Waals surface area contributed by atoms with E-state index in [0.29, 0.717) is 36.2 Å². The minimum Gasteiger partial charge on any atom is -0.390 e. The molecule has 6 rings (SSSR count). The molecule has 282 valence electrons. The molecule has 1 aromatic carbocycles. The molecule has 2 aromatic rings. The van der Waals surface area contributed by atoms with Gasteiger partial charge in [-0.3, -0.25) is 14.3 Å². The molecule has 0 spiro atoms. The summed E-state index contributed by atoms with van der Waals surface area (Å²) in [5.41, 5.74) is 1.38. The van der Waals surface area contributed by atoms with E-state index in [1.807, 2.05) is 4.90 Å². The van der Waals surface area contributed by atoms with Crippen LogP contribution in [0.5, 0.6) is 0 Å². The first kappa shape index (κ1) is 38.0. The average molecular weight is 756 g/mol. The lowest BCUT2D eigenvalue weighted by Gasteiger charge is -2.37. The Balaban J connectivity index is 1.18. The lowest BCUT2D eigenvalue weighted by Crippen LogP contribution is -2.47. The minimum atomic E-state index is -4.60. The van der Waals surface area contributed by atoms with Crippen molar-refractivity contribution in [3.8, 4) is 11.3 Å². The molecule has 3 N–H and O–H groups in total. The lowest BCUT2D eigenvalue weighted by molar-refractivity contribution is -0.139. The summed E-state index contributed by atoms with van der Waals surface area (Å²) < 4.78 is 70.6. The number of benzene rings is 1. The number of likely N-dealkylation sites (tertiary alicyclic amines) is 2. The Morgan fingerprint density at radius 1 is 1.10 bits per heavy atom. The number of hydrogen-bond acceptors (Lipinski definition) is 9. The summed E-state index contributed by atoms with van der Waals surface area (Å²) in [5, 5.41) is 22.1. The maximum Gasteiger partial charge on any atom is 0.417 e. The van der Waals surface area contributed by atoms with Crippen LogP contribution < -0.4 is 10.6 Å². The van der Waals surface area contributed by atoms with Crippen molar-refractivity contribution in [2.24, 2.45) is 5.92 Å². The van der Waals surface area contributed by atoms with Crippen LogP contribution in [0, 0.1) is 5.92 Å². The molecular formula is C34H48F3N7O5S2. The summed E-state index contributed by atoms with van der Waals surface area (Å²) in [6.07, 6.45) is 0.743. The molecule has 12 nitrogen and oxygen atoms in total. The molecule has 1 aromatic heterocycles. The number of hydrogen-bond donors (Lipinski definition) is 3. The molecule has 1 atom stereocenters. The first-order chi connectivity index (χ1) is 24.3. The third-order valence-corrected chi connectivity index (χ3v) is 12.8. The van der Waals surface area contributed by atoms with Gasteiger partial charge in [0.05, 0.1) is 30.2 Å². The standard InChI is InChI=1S/C34H48F3N7O5S2/c1-51(48,49)42-17-10-29-27(22-42)32(40-44(29)21-26(45)20-41-15-8-25(9-16-41)43-14-2-3-31(43)46)24-4-5-28(34(35,36)37)30(19-24)50-18-13-39-33(47)23-6-11-38-12-7-23/h4-5,19,23,25-26,38,45H,2-3,6-18,20-22H2,1H3,(H,39,47). The van der Waals surface area contributed by atoms with Crippen molar-refractivity contribution in [1.29, 1.82) is 0 Å². The van der Waals surface area contributed by atoms with Gasteiger partial charge in [-0.2, -0.15) is 22.6 Å². The second-order valence-corrected chi connectivity index (χ2v) is 17.2. The van der Waals surface area contributed by atoms with E-state index >= 15 is 0 Å². The van der Waals surface area contributed by atoms with Gasteiger partial charge in [-0.05, 0) is 57.3 Å². The number of carbonyl (C=O) groups excluding carboxylic acids is 2. The smallest absolute Gasteiger partial charge is 0.390 e. The molecule has 3 fully saturated rings. The average Bonchev–Trinajstić information content (AvgIpc) is 3.69. The van der Waals surface area contributed by atoms with Crippen LogP contribution in [0.3, 0.4) is 0 Å². The summed E-state index contributed by atoms with van der Waals surface area (Å²) in [6, 6.07) is 4.07. The van der Waals surface area contributed by atoms with E-state index in [0.717, 1.165) is 94.6 Å². The van der Waals surface area contributed by atoms with E-state index in [1.54, 1.807) is 4.68 Å². The number of amides is 2. The van der Waals surface area contributed by atoms with E-state index in [4.69, 9.17) is 5.10 Å². The molecule has 0 saturated carbocycles. The number of carbonyl (C=O) groups is 2. The number of β-amino-alcohol motifs (C(OH)–C–C–N with tert-alkyl or cyclic N) is 1. The van der Waals surface area contributed by atoms with Crippen molar-refractivity contribution in [3.63, 3.8) is 0 Å². The first-order valence-electron chi connectivity index (χ1n) is 17.8. The van der Waals surface area contributed by atoms with Gasteiger partial charge in [0.2, 0.25) is 21.8 Å². The van der Waals surface area contributed by atoms with Crippen molar-refractivity contribution >= 4 is 33.6 Å². The summed E-state index contributed by atoms with van der Waals surface area (Å²) in [5.74, 6) is 0.266. The first-order valence-corrected chi connectivity index (χ1v) is 20.7. The number of fused-ring (bicyclic) bond motifs is 1. The van der Waals surface area contributed by atoms with Crippen LogP contribution in [0.25, 0.3) is 11.3 Å². The molecule has 4 aliphatic rings. The zero-order valence-corrected chi connectivity index (χ0v) is 30.6. The minimum absolute atomic E-state index is 0.00531. The normalized spacial score (nSPS) is 20.9. The summed E-state index contributed by atoms with van der Waals surface area (Å²) in [4.78, 5) is 28.9. The third-order valence-electron chi connectivity index (χ3n) is 10.5. The van der Waals surface area contributed by atoms with E-state index < -0.39 is 27.9 Å². The van der Waals surface area contributed by atoms with Crippen molar-refractivity contribution in [1.82, 2.24) is 34.5 Å². The fourth-order valence-electron chi connectivity index (χ4n) is 7.74. The topological polar surface area (TPSA) is 140 Å². The molecule has 0 bridgehead atoms. The molecule has 1 unspecified atom stereocenters. The molecule has 4 aliphatic heterocycles. The van der Waals surface area contributed by atoms with Crippen LogP contribution in [0.15, 0.2) is 23.1 Å². The molecule has 0 aliphatic carbocycles. The zero-order valence-electron chi connectivity index (χ0n) is 29.0. The van der Waals surface area contributed by atoms with Gasteiger partial charge in [0.25, 0.3) is 0 Å². The maximum atomic E-state index is 14.1. The second-order valence-electron chi connectivity index (χ2n) is 14.1. The number of halogens is 3. The number of aliphatic hydroxyl groups is 1. The van der Waals surface area contributed by atoms with Crippen LogP contribution in [0.4, 0.5) is 13.2 Å². The van der Waals surface area contributed by atoms with Crippen LogP contribution in [0.1, 0.15) is 55.3 Å². The maximum absolute atomic E-state index is 14.1. The number of aliphatic hydroxyl groups excluding tert-OH is 1. The SMILES string of the molecule is CS(=O)(=O)N1CCc2c(c(-c3ccc(C(F)(F)F)c(SCCNC(=O)C4CCNCC4)c3)nn2CC(O)CN2CCC(N3CCCC3=O)CC2)C1. The Bertz CT molecular complexity index is 1670. The molecule has 5 heterocycles. The van der Waals surface area contributed by atoms with E-state index in [-0.39, 0.29) is 60.6 Å². The fourth-order valence-corrected chi connectivity index (χ4v) is 9.50. The largest absolute Gasteiger partial charge is 0.417 e. The van der Waals surface area contributed by atoms with Gasteiger partial charge in [0.1, 0.15) is 0 Å². The number of piperidine rings is 2. The van der Waals surface area contributed by atoms with Crippen molar-refractivity contribution < 1.29 is 36.3 Å². The Hall–Kier alpha value is -2.70. The van der Waals surface area contributed by atoms with E-state index in [1.165, 1.54) is 16.4 Å². The number of rotatable bonds is 12. The monoisotopic (exact) mass is 755 g/mol. The predicted octanol–water partition coefficient (Wildman–Crippen LogP) is 2.54. The molecule has 0 radical (unpaired) electrons. The molecule has 2 amide bonds. The van der Waals surface area contributed by atoms with Crippen LogP contribution >= 0.6 is 11.8 Å². The van der Waals surface area contributed by atoms with Crippen LogP contribution in [-0.2, 0) is 45.3 Å². The highest BCUT2D eigenvalue weighted by Crippen LogP contribution is 2.40. The zero-order chi connectivity index (χ0) is 36.3. The van der Waals surface area contributed by atoms with Gasteiger partial charge in [-0.1, -0.05) is 6.07 Å². The van der Waals surface area contributed by atoms with Crippen LogP contribution in [-0.4, -0.2) is 126 Å². The highest BCUT2D eigenvalue weighted by atomic mass is 32.2. The van der Waals surface area contributed by atoms with Gasteiger partial charge in [0.15, 0.2) is 0 Å². The van der Waals surface area contributed by atoms with E-state index in [2.05, 4.69) is 15.5 Å². The predicted molar refractivity (Wildman–Crippen MR) is 187 cm³/mol. The third kappa shape index (κ3) is 9.27. The second kappa shape index (κ2) is 16.1. The van der Waals surface area contributed by atoms with Crippen molar-refractivity contribution in [3.05, 3.63) is 35.0 Å². The van der Waals surface area contributed by atoms with Gasteiger partial charge < -0.3 is 25.5 Å². The van der Waals surface area contributed by atoms with Crippen LogP contribution in [0.2, 0.25) is 0 Å². The summed E-state index contributed by atoms with van der Waals surface area (Å²) in [6.45, 7) is 4.85. The highest BCUT2D eigenvalue weighted by Gasteiger charge is 2.36. The number of thioether (sulfide) groups is 1. The molecule has 51 heavy (non-hydrogen) atoms. The van der Waals surface area contributed by atoms with Crippen molar-refractivity contribution in [2.45, 2.75) is 81.3 Å². The van der Waals surface area contributed by atoms with E-state index in [9.17, 15) is 36.3 Å². The number of sulfonamides is 1. The Morgan fingerprint density at radius 2 is 1.84 bits per heavy atom.